The second-order valence-corrected chi connectivity index (χ2v) is 7.01. The van der Waals surface area contributed by atoms with Crippen molar-refractivity contribution >= 4 is 23.9 Å². The summed E-state index contributed by atoms with van der Waals surface area (Å²) >= 11 is 0. The van der Waals surface area contributed by atoms with Crippen LogP contribution in [0.15, 0.2) is 48.5 Å². The van der Waals surface area contributed by atoms with E-state index in [9.17, 15) is 14.4 Å². The van der Waals surface area contributed by atoms with Crippen LogP contribution in [0.2, 0.25) is 0 Å². The molecule has 3 aromatic rings. The van der Waals surface area contributed by atoms with Gasteiger partial charge in [-0.05, 0) is 22.3 Å². The predicted molar refractivity (Wildman–Crippen MR) is 111 cm³/mol. The normalized spacial score (nSPS) is 13.0. The molecule has 0 bridgehead atoms. The number of aliphatic carboxylic acids is 1. The van der Waals surface area contributed by atoms with E-state index in [1.54, 1.807) is 0 Å². The minimum atomic E-state index is -1.49. The van der Waals surface area contributed by atoms with Crippen LogP contribution in [0.3, 0.4) is 0 Å². The number of carbonyl (C=O) groups excluding carboxylic acids is 2. The van der Waals surface area contributed by atoms with Crippen LogP contribution in [-0.2, 0) is 9.53 Å². The van der Waals surface area contributed by atoms with E-state index in [0.29, 0.717) is 0 Å². The van der Waals surface area contributed by atoms with Gasteiger partial charge in [0.25, 0.3) is 11.9 Å². The molecule has 1 atom stereocenters. The first-order chi connectivity index (χ1) is 15.5. The van der Waals surface area contributed by atoms with Gasteiger partial charge in [0.15, 0.2) is 6.04 Å². The SMILES string of the molecule is O=C(Nc1n[nH]c(C(=O)NC(CO)C(=O)O)n1)OCC1c2ccccc2-c2ccccc21. The van der Waals surface area contributed by atoms with Gasteiger partial charge in [0, 0.05) is 5.92 Å². The number of nitrogens with one attached hydrogen (secondary N) is 3. The van der Waals surface area contributed by atoms with Crippen LogP contribution in [0.25, 0.3) is 11.1 Å². The molecule has 0 saturated heterocycles. The average molecular weight is 437 g/mol. The summed E-state index contributed by atoms with van der Waals surface area (Å²) in [6.07, 6.45) is -0.809. The molecule has 0 fully saturated rings. The Labute approximate surface area is 181 Å². The van der Waals surface area contributed by atoms with E-state index in [1.165, 1.54) is 0 Å². The number of aliphatic hydroxyl groups excluding tert-OH is 1. The maximum Gasteiger partial charge on any atom is 0.414 e. The topological polar surface area (TPSA) is 167 Å². The molecular weight excluding hydrogens is 418 g/mol. The number of benzene rings is 2. The van der Waals surface area contributed by atoms with Gasteiger partial charge in [0.1, 0.15) is 6.61 Å². The largest absolute Gasteiger partial charge is 0.480 e. The Balaban J connectivity index is 1.37. The molecule has 0 saturated carbocycles. The number of ether oxygens (including phenoxy) is 1. The Hall–Kier alpha value is -4.25. The lowest BCUT2D eigenvalue weighted by molar-refractivity contribution is -0.140. The molecule has 1 aliphatic rings. The number of hydrogen-bond acceptors (Lipinski definition) is 7. The first-order valence-corrected chi connectivity index (χ1v) is 9.67. The third-order valence-electron chi connectivity index (χ3n) is 5.04. The number of aliphatic hydroxyl groups is 1. The fourth-order valence-electron chi connectivity index (χ4n) is 3.56. The van der Waals surface area contributed by atoms with Crippen molar-refractivity contribution in [3.63, 3.8) is 0 Å². The van der Waals surface area contributed by atoms with Crippen LogP contribution in [-0.4, -0.2) is 62.6 Å². The Morgan fingerprint density at radius 1 is 1.06 bits per heavy atom. The van der Waals surface area contributed by atoms with E-state index in [1.807, 2.05) is 48.5 Å². The highest BCUT2D eigenvalue weighted by Crippen LogP contribution is 2.44. The van der Waals surface area contributed by atoms with Crippen molar-refractivity contribution in [2.45, 2.75) is 12.0 Å². The molecule has 0 radical (unpaired) electrons. The van der Waals surface area contributed by atoms with E-state index in [2.05, 4.69) is 25.8 Å². The zero-order valence-electron chi connectivity index (χ0n) is 16.6. The highest BCUT2D eigenvalue weighted by atomic mass is 16.5. The summed E-state index contributed by atoms with van der Waals surface area (Å²) in [5, 5.41) is 28.2. The summed E-state index contributed by atoms with van der Waals surface area (Å²) in [6.45, 7) is -0.700. The molecule has 1 unspecified atom stereocenters. The Morgan fingerprint density at radius 3 is 2.28 bits per heavy atom. The molecule has 4 rings (SSSR count). The van der Waals surface area contributed by atoms with Crippen LogP contribution in [0.1, 0.15) is 27.7 Å². The second kappa shape index (κ2) is 8.86. The van der Waals surface area contributed by atoms with E-state index < -0.39 is 30.6 Å². The number of carboxylic acid groups (broad SMARTS) is 1. The lowest BCUT2D eigenvalue weighted by Gasteiger charge is -2.13. The van der Waals surface area contributed by atoms with Crippen LogP contribution >= 0.6 is 0 Å². The van der Waals surface area contributed by atoms with Crippen molar-refractivity contribution < 1.29 is 29.3 Å². The van der Waals surface area contributed by atoms with Crippen molar-refractivity contribution in [2.75, 3.05) is 18.5 Å². The molecule has 32 heavy (non-hydrogen) atoms. The molecule has 1 aromatic heterocycles. The van der Waals surface area contributed by atoms with Gasteiger partial charge in [-0.15, -0.1) is 5.10 Å². The highest BCUT2D eigenvalue weighted by molar-refractivity contribution is 5.94. The summed E-state index contributed by atoms with van der Waals surface area (Å²) in [5.74, 6) is -2.98. The number of carboxylic acids is 1. The maximum absolute atomic E-state index is 12.2. The van der Waals surface area contributed by atoms with Gasteiger partial charge in [-0.25, -0.2) is 9.59 Å². The van der Waals surface area contributed by atoms with Gasteiger partial charge >= 0.3 is 12.1 Å². The van der Waals surface area contributed by atoms with E-state index in [4.69, 9.17) is 14.9 Å². The summed E-state index contributed by atoms with van der Waals surface area (Å²) in [6, 6.07) is 14.3. The van der Waals surface area contributed by atoms with E-state index in [-0.39, 0.29) is 24.3 Å². The monoisotopic (exact) mass is 437 g/mol. The number of nitrogens with zero attached hydrogens (tertiary/aromatic N) is 2. The molecule has 11 heteroatoms. The van der Waals surface area contributed by atoms with Crippen LogP contribution in [0.5, 0.6) is 0 Å². The quantitative estimate of drug-likeness (QED) is 0.369. The van der Waals surface area contributed by atoms with Crippen molar-refractivity contribution in [3.8, 4) is 11.1 Å². The van der Waals surface area contributed by atoms with Crippen molar-refractivity contribution in [1.82, 2.24) is 20.5 Å². The van der Waals surface area contributed by atoms with Gasteiger partial charge in [0.05, 0.1) is 6.61 Å². The summed E-state index contributed by atoms with van der Waals surface area (Å²) in [7, 11) is 0. The predicted octanol–water partition coefficient (Wildman–Crippen LogP) is 1.34. The smallest absolute Gasteiger partial charge is 0.414 e. The van der Waals surface area contributed by atoms with Crippen molar-refractivity contribution in [3.05, 3.63) is 65.5 Å². The Kier molecular flexibility index (Phi) is 5.81. The van der Waals surface area contributed by atoms with E-state index in [0.717, 1.165) is 22.3 Å². The Morgan fingerprint density at radius 2 is 1.69 bits per heavy atom. The Bertz CT molecular complexity index is 1130. The standard InChI is InChI=1S/C21H19N5O6/c27-9-16(19(29)30)22-18(28)17-23-20(26-25-17)24-21(31)32-10-15-13-7-3-1-5-11(13)12-6-2-4-8-14(12)15/h1-8,15-16,27H,9-10H2,(H,22,28)(H,29,30)(H2,23,24,25,26,31). The third-order valence-corrected chi connectivity index (χ3v) is 5.04. The third kappa shape index (κ3) is 4.14. The number of anilines is 1. The molecule has 1 aliphatic carbocycles. The summed E-state index contributed by atoms with van der Waals surface area (Å²) in [5.41, 5.74) is 4.33. The number of H-pyrrole nitrogens is 1. The van der Waals surface area contributed by atoms with Gasteiger partial charge in [-0.1, -0.05) is 48.5 Å². The molecule has 2 amide bonds. The lowest BCUT2D eigenvalue weighted by atomic mass is 9.98. The summed E-state index contributed by atoms with van der Waals surface area (Å²) in [4.78, 5) is 38.9. The molecule has 164 valence electrons. The average Bonchev–Trinajstić information content (AvgIpc) is 3.38. The molecule has 0 aliphatic heterocycles. The molecule has 11 nitrogen and oxygen atoms in total. The molecular formula is C21H19N5O6. The fraction of sp³-hybridized carbons (Fsp3) is 0.190. The number of amides is 2. The molecule has 0 spiro atoms. The summed E-state index contributed by atoms with van der Waals surface area (Å²) < 4.78 is 5.37. The molecule has 1 heterocycles. The number of fused-ring (bicyclic) bond motifs is 3. The van der Waals surface area contributed by atoms with E-state index >= 15 is 0 Å². The minimum absolute atomic E-state index is 0.0917. The lowest BCUT2D eigenvalue weighted by Crippen LogP contribution is -2.43. The number of hydrogen-bond donors (Lipinski definition) is 5. The molecule has 2 aromatic carbocycles. The number of aromatic amines is 1. The zero-order valence-corrected chi connectivity index (χ0v) is 16.6. The van der Waals surface area contributed by atoms with Gasteiger partial charge in [-0.2, -0.15) is 4.98 Å². The van der Waals surface area contributed by atoms with Gasteiger partial charge in [-0.3, -0.25) is 15.2 Å². The number of rotatable bonds is 7. The van der Waals surface area contributed by atoms with Crippen molar-refractivity contribution in [2.24, 2.45) is 0 Å². The second-order valence-electron chi connectivity index (χ2n) is 7.01. The highest BCUT2D eigenvalue weighted by Gasteiger charge is 2.29. The van der Waals surface area contributed by atoms with Crippen LogP contribution < -0.4 is 10.6 Å². The first kappa shape index (κ1) is 21.0. The van der Waals surface area contributed by atoms with Crippen molar-refractivity contribution in [1.29, 1.82) is 0 Å². The molecule has 5 N–H and O–H groups in total. The van der Waals surface area contributed by atoms with Gasteiger partial charge < -0.3 is 20.3 Å². The maximum atomic E-state index is 12.2. The number of carbonyl (C=O) groups is 3. The first-order valence-electron chi connectivity index (χ1n) is 9.67. The van der Waals surface area contributed by atoms with Crippen LogP contribution in [0.4, 0.5) is 10.7 Å². The number of aromatic nitrogens is 3. The van der Waals surface area contributed by atoms with Crippen LogP contribution in [0, 0.1) is 0 Å². The minimum Gasteiger partial charge on any atom is -0.480 e. The zero-order chi connectivity index (χ0) is 22.7. The fourth-order valence-corrected chi connectivity index (χ4v) is 3.56. The van der Waals surface area contributed by atoms with Gasteiger partial charge in [0.2, 0.25) is 5.82 Å².